The van der Waals surface area contributed by atoms with Gasteiger partial charge >= 0.3 is 0 Å². The predicted molar refractivity (Wildman–Crippen MR) is 155 cm³/mol. The van der Waals surface area contributed by atoms with Gasteiger partial charge in [0, 0.05) is 36.7 Å². The van der Waals surface area contributed by atoms with Gasteiger partial charge in [0.15, 0.2) is 5.11 Å². The number of amides is 1. The lowest BCUT2D eigenvalue weighted by Crippen LogP contribution is -2.29. The van der Waals surface area contributed by atoms with Gasteiger partial charge in [-0.2, -0.15) is 0 Å². The molecule has 4 aromatic rings. The van der Waals surface area contributed by atoms with Gasteiger partial charge in [-0.3, -0.25) is 9.78 Å². The van der Waals surface area contributed by atoms with E-state index in [4.69, 9.17) is 17.0 Å². The van der Waals surface area contributed by atoms with Crippen LogP contribution in [0.3, 0.4) is 0 Å². The molecule has 194 valence electrons. The van der Waals surface area contributed by atoms with Gasteiger partial charge in [-0.25, -0.2) is 0 Å². The Balaban J connectivity index is 1.63. The van der Waals surface area contributed by atoms with E-state index < -0.39 is 0 Å². The summed E-state index contributed by atoms with van der Waals surface area (Å²) in [5, 5.41) is 7.01. The monoisotopic (exact) mass is 525 g/mol. The Bertz CT molecular complexity index is 1470. The number of aryl methyl sites for hydroxylation is 1. The van der Waals surface area contributed by atoms with Crippen molar-refractivity contribution in [2.45, 2.75) is 39.4 Å². The van der Waals surface area contributed by atoms with E-state index in [2.05, 4.69) is 69.3 Å². The van der Waals surface area contributed by atoms with E-state index in [1.165, 1.54) is 29.4 Å². The third kappa shape index (κ3) is 4.87. The number of hydrogen-bond donors (Lipinski definition) is 2. The average molecular weight is 526 g/mol. The van der Waals surface area contributed by atoms with E-state index in [-0.39, 0.29) is 18.0 Å². The second-order valence-corrected chi connectivity index (χ2v) is 9.85. The van der Waals surface area contributed by atoms with Gasteiger partial charge in [-0.1, -0.05) is 36.4 Å². The molecule has 7 nitrogen and oxygen atoms in total. The Morgan fingerprint density at radius 2 is 1.84 bits per heavy atom. The summed E-state index contributed by atoms with van der Waals surface area (Å²) in [6.45, 7) is 6.57. The largest absolute Gasteiger partial charge is 0.495 e. The van der Waals surface area contributed by atoms with Crippen LogP contribution in [0, 0.1) is 13.8 Å². The number of nitrogens with one attached hydrogen (secondary N) is 2. The fourth-order valence-electron chi connectivity index (χ4n) is 5.22. The van der Waals surface area contributed by atoms with Crippen molar-refractivity contribution in [1.29, 1.82) is 0 Å². The number of carbonyl (C=O) groups is 1. The first-order valence-electron chi connectivity index (χ1n) is 12.5. The van der Waals surface area contributed by atoms with Gasteiger partial charge in [0.25, 0.3) is 0 Å². The predicted octanol–water partition coefficient (Wildman–Crippen LogP) is 5.69. The van der Waals surface area contributed by atoms with Crippen LogP contribution in [0.15, 0.2) is 79.0 Å². The summed E-state index contributed by atoms with van der Waals surface area (Å²) in [6, 6.07) is 24.1. The maximum atomic E-state index is 11.9. The third-order valence-corrected chi connectivity index (χ3v) is 7.30. The van der Waals surface area contributed by atoms with Crippen LogP contribution < -0.4 is 20.3 Å². The standard InChI is InChI=1S/C30H31N5O2S/c1-19-16-24(20(2)34(19)18-22-10-6-5-7-11-22)29-28(25-12-8-9-15-31-25)33-30(38)35(29)23-13-14-27(37-4)26(17-23)32-21(3)36/h5-17,28-29H,18H2,1-4H3,(H,32,36)(H,33,38)/t28-,29+/m1/s1. The van der Waals surface area contributed by atoms with Gasteiger partial charge in [0.2, 0.25) is 5.91 Å². The minimum atomic E-state index is -0.171. The zero-order chi connectivity index (χ0) is 26.8. The highest BCUT2D eigenvalue weighted by atomic mass is 32.1. The molecule has 1 amide bonds. The SMILES string of the molecule is COc1ccc(N2C(=S)N[C@H](c3ccccn3)[C@@H]2c2cc(C)n(Cc3ccccc3)c2C)cc1NC(C)=O. The molecule has 3 heterocycles. The number of nitrogens with zero attached hydrogens (tertiary/aromatic N) is 3. The third-order valence-electron chi connectivity index (χ3n) is 6.98. The average Bonchev–Trinajstić information content (AvgIpc) is 3.40. The van der Waals surface area contributed by atoms with Gasteiger partial charge in [0.1, 0.15) is 5.75 Å². The Kier molecular flexibility index (Phi) is 7.15. The molecular weight excluding hydrogens is 494 g/mol. The molecular formula is C30H31N5O2S. The van der Waals surface area contributed by atoms with Crippen LogP contribution in [0.5, 0.6) is 5.75 Å². The fraction of sp³-hybridized carbons (Fsp3) is 0.233. The van der Waals surface area contributed by atoms with E-state index >= 15 is 0 Å². The van der Waals surface area contributed by atoms with Gasteiger partial charge in [0.05, 0.1) is 30.6 Å². The Morgan fingerprint density at radius 3 is 2.53 bits per heavy atom. The molecule has 2 aromatic heterocycles. The zero-order valence-electron chi connectivity index (χ0n) is 21.9. The summed E-state index contributed by atoms with van der Waals surface area (Å²) in [7, 11) is 1.59. The van der Waals surface area contributed by atoms with Crippen molar-refractivity contribution < 1.29 is 9.53 Å². The number of rotatable bonds is 7. The summed E-state index contributed by atoms with van der Waals surface area (Å²) in [5.41, 5.74) is 7.11. The number of ether oxygens (including phenoxy) is 1. The highest BCUT2D eigenvalue weighted by Crippen LogP contribution is 2.44. The molecule has 1 aliphatic heterocycles. The lowest BCUT2D eigenvalue weighted by molar-refractivity contribution is -0.114. The van der Waals surface area contributed by atoms with E-state index in [1.54, 1.807) is 13.3 Å². The Hall–Kier alpha value is -4.17. The van der Waals surface area contributed by atoms with E-state index in [0.717, 1.165) is 17.9 Å². The molecule has 1 saturated heterocycles. The molecule has 2 atom stereocenters. The molecule has 2 N–H and O–H groups in total. The van der Waals surface area contributed by atoms with Gasteiger partial charge in [-0.05, 0) is 73.6 Å². The van der Waals surface area contributed by atoms with Crippen molar-refractivity contribution in [3.05, 3.63) is 107 Å². The molecule has 5 rings (SSSR count). The molecule has 0 bridgehead atoms. The summed E-state index contributed by atoms with van der Waals surface area (Å²) >= 11 is 5.92. The normalized spacial score (nSPS) is 16.8. The van der Waals surface area contributed by atoms with Crippen molar-refractivity contribution in [2.75, 3.05) is 17.3 Å². The van der Waals surface area contributed by atoms with Crippen LogP contribution >= 0.6 is 12.2 Å². The van der Waals surface area contributed by atoms with Crippen molar-refractivity contribution in [1.82, 2.24) is 14.9 Å². The minimum absolute atomic E-state index is 0.160. The van der Waals surface area contributed by atoms with Crippen LogP contribution in [0.2, 0.25) is 0 Å². The Morgan fingerprint density at radius 1 is 1.08 bits per heavy atom. The van der Waals surface area contributed by atoms with Crippen molar-refractivity contribution in [2.24, 2.45) is 0 Å². The number of hydrogen-bond acceptors (Lipinski definition) is 4. The van der Waals surface area contributed by atoms with Crippen LogP contribution in [0.25, 0.3) is 0 Å². The first-order valence-corrected chi connectivity index (χ1v) is 12.9. The molecule has 0 spiro atoms. The molecule has 8 heteroatoms. The number of aromatic nitrogens is 2. The van der Waals surface area contributed by atoms with E-state index in [9.17, 15) is 4.79 Å². The summed E-state index contributed by atoms with van der Waals surface area (Å²) in [4.78, 5) is 18.7. The van der Waals surface area contributed by atoms with Crippen molar-refractivity contribution >= 4 is 34.6 Å². The lowest BCUT2D eigenvalue weighted by atomic mass is 9.96. The summed E-state index contributed by atoms with van der Waals surface area (Å²) in [6.07, 6.45) is 1.81. The van der Waals surface area contributed by atoms with E-state index in [1.807, 2.05) is 42.5 Å². The maximum absolute atomic E-state index is 11.9. The molecule has 2 aromatic carbocycles. The Labute approximate surface area is 228 Å². The van der Waals surface area contributed by atoms with Crippen molar-refractivity contribution in [3.63, 3.8) is 0 Å². The summed E-state index contributed by atoms with van der Waals surface area (Å²) in [5.74, 6) is 0.413. The van der Waals surface area contributed by atoms with Crippen LogP contribution in [-0.4, -0.2) is 27.7 Å². The second kappa shape index (κ2) is 10.7. The first kappa shape index (κ1) is 25.5. The molecule has 0 aliphatic carbocycles. The second-order valence-electron chi connectivity index (χ2n) is 9.46. The molecule has 0 saturated carbocycles. The highest BCUT2D eigenvalue weighted by Gasteiger charge is 2.42. The smallest absolute Gasteiger partial charge is 0.221 e. The minimum Gasteiger partial charge on any atom is -0.495 e. The van der Waals surface area contributed by atoms with Crippen LogP contribution in [0.4, 0.5) is 11.4 Å². The quantitative estimate of drug-likeness (QED) is 0.302. The van der Waals surface area contributed by atoms with Gasteiger partial charge in [-0.15, -0.1) is 0 Å². The zero-order valence-corrected chi connectivity index (χ0v) is 22.8. The maximum Gasteiger partial charge on any atom is 0.221 e. The number of pyridine rings is 1. The molecule has 0 radical (unpaired) electrons. The highest BCUT2D eigenvalue weighted by molar-refractivity contribution is 7.80. The van der Waals surface area contributed by atoms with Crippen molar-refractivity contribution in [3.8, 4) is 5.75 Å². The molecule has 1 aliphatic rings. The lowest BCUT2D eigenvalue weighted by Gasteiger charge is -2.29. The first-order chi connectivity index (χ1) is 18.4. The molecule has 38 heavy (non-hydrogen) atoms. The number of thiocarbonyl (C=S) groups is 1. The summed E-state index contributed by atoms with van der Waals surface area (Å²) < 4.78 is 7.84. The van der Waals surface area contributed by atoms with Crippen LogP contribution in [-0.2, 0) is 11.3 Å². The van der Waals surface area contributed by atoms with Crippen LogP contribution in [0.1, 0.15) is 47.2 Å². The van der Waals surface area contributed by atoms with E-state index in [0.29, 0.717) is 16.5 Å². The fourth-order valence-corrected chi connectivity index (χ4v) is 5.56. The topological polar surface area (TPSA) is 71.4 Å². The number of anilines is 2. The number of benzene rings is 2. The molecule has 0 unspecified atom stereocenters. The number of carbonyl (C=O) groups excluding carboxylic acids is 1. The van der Waals surface area contributed by atoms with Gasteiger partial charge < -0.3 is 24.8 Å². The number of methoxy groups -OCH3 is 1. The molecule has 1 fully saturated rings.